The van der Waals surface area contributed by atoms with Crippen molar-refractivity contribution in [3.63, 3.8) is 0 Å². The molecule has 9 heteroatoms. The summed E-state index contributed by atoms with van der Waals surface area (Å²) in [6.45, 7) is 8.02. The molecule has 2 aromatic rings. The molecule has 0 aliphatic heterocycles. The molecule has 0 bridgehead atoms. The predicted octanol–water partition coefficient (Wildman–Crippen LogP) is 4.56. The molecule has 1 amide bonds. The summed E-state index contributed by atoms with van der Waals surface area (Å²) >= 11 is 5.33. The quantitative estimate of drug-likeness (QED) is 0.317. The molecule has 34 heavy (non-hydrogen) atoms. The van der Waals surface area contributed by atoms with E-state index < -0.39 is 5.91 Å². The van der Waals surface area contributed by atoms with E-state index in [9.17, 15) is 4.79 Å². The molecule has 0 radical (unpaired) electrons. The topological polar surface area (TPSA) is 90.1 Å². The van der Waals surface area contributed by atoms with Gasteiger partial charge in [0.15, 0.2) is 16.6 Å². The van der Waals surface area contributed by atoms with Crippen molar-refractivity contribution in [2.75, 3.05) is 45.6 Å². The number of allylic oxidation sites excluding steroid dienone is 2. The van der Waals surface area contributed by atoms with Gasteiger partial charge in [-0.05, 0) is 48.1 Å². The van der Waals surface area contributed by atoms with Gasteiger partial charge in [-0.1, -0.05) is 31.4 Å². The Morgan fingerprint density at radius 2 is 1.62 bits per heavy atom. The average molecular weight is 484 g/mol. The van der Waals surface area contributed by atoms with Crippen molar-refractivity contribution < 1.29 is 23.7 Å². The number of methoxy groups -OCH3 is 4. The molecule has 0 aromatic heterocycles. The Kier molecular flexibility index (Phi) is 9.97. The van der Waals surface area contributed by atoms with E-state index in [2.05, 4.69) is 29.1 Å². The van der Waals surface area contributed by atoms with Crippen LogP contribution in [0.1, 0.15) is 10.4 Å². The number of carbonyl (C=O) groups excluding carboxylic acids is 1. The molecule has 3 N–H and O–H groups in total. The van der Waals surface area contributed by atoms with Crippen LogP contribution in [0.25, 0.3) is 0 Å². The monoisotopic (exact) mass is 483 g/mol. The molecule has 0 unspecified atom stereocenters. The van der Waals surface area contributed by atoms with Crippen LogP contribution in [0.15, 0.2) is 67.3 Å². The fourth-order valence-corrected chi connectivity index (χ4v) is 3.23. The van der Waals surface area contributed by atoms with Gasteiger partial charge in [-0.3, -0.25) is 10.1 Å². The zero-order valence-electron chi connectivity index (χ0n) is 19.7. The van der Waals surface area contributed by atoms with E-state index >= 15 is 0 Å². The Morgan fingerprint density at radius 1 is 0.971 bits per heavy atom. The highest BCUT2D eigenvalue weighted by atomic mass is 32.1. The van der Waals surface area contributed by atoms with E-state index in [1.54, 1.807) is 43.5 Å². The van der Waals surface area contributed by atoms with Crippen molar-refractivity contribution in [3.05, 3.63) is 72.9 Å². The Labute approximate surface area is 205 Å². The van der Waals surface area contributed by atoms with Gasteiger partial charge in [0.25, 0.3) is 5.91 Å². The van der Waals surface area contributed by atoms with Crippen LogP contribution >= 0.6 is 12.2 Å². The molecular formula is C25H29N3O5S. The molecule has 0 atom stereocenters. The third-order valence-electron chi connectivity index (χ3n) is 4.69. The molecule has 0 heterocycles. The number of ether oxygens (including phenoxy) is 4. The lowest BCUT2D eigenvalue weighted by atomic mass is 10.1. The maximum Gasteiger partial charge on any atom is 0.257 e. The van der Waals surface area contributed by atoms with Crippen LogP contribution in [0.2, 0.25) is 0 Å². The summed E-state index contributed by atoms with van der Waals surface area (Å²) in [5, 5.41) is 9.07. The first-order chi connectivity index (χ1) is 16.4. The molecule has 0 saturated heterocycles. The first kappa shape index (κ1) is 26.3. The molecule has 0 aliphatic carbocycles. The fourth-order valence-electron chi connectivity index (χ4n) is 3.02. The summed E-state index contributed by atoms with van der Waals surface area (Å²) in [7, 11) is 6.03. The molecule has 0 saturated carbocycles. The smallest absolute Gasteiger partial charge is 0.257 e. The van der Waals surface area contributed by atoms with Gasteiger partial charge >= 0.3 is 0 Å². The third-order valence-corrected chi connectivity index (χ3v) is 4.89. The Hall–Kier alpha value is -3.98. The van der Waals surface area contributed by atoms with E-state index in [1.165, 1.54) is 21.3 Å². The Morgan fingerprint density at radius 3 is 2.15 bits per heavy atom. The van der Waals surface area contributed by atoms with Crippen molar-refractivity contribution in [3.8, 4) is 23.0 Å². The van der Waals surface area contributed by atoms with Gasteiger partial charge in [-0.15, -0.1) is 0 Å². The second-order valence-electron chi connectivity index (χ2n) is 6.77. The first-order valence-corrected chi connectivity index (χ1v) is 10.6. The second kappa shape index (κ2) is 12.9. The van der Waals surface area contributed by atoms with Crippen LogP contribution in [-0.4, -0.2) is 46.0 Å². The lowest BCUT2D eigenvalue weighted by molar-refractivity contribution is 0.0977. The fraction of sp³-hybridized carbons (Fsp3) is 0.200. The number of hydrogen-bond donors (Lipinski definition) is 3. The Bertz CT molecular complexity index is 1070. The van der Waals surface area contributed by atoms with Crippen LogP contribution in [0, 0.1) is 0 Å². The maximum atomic E-state index is 12.8. The minimum atomic E-state index is -0.436. The number of anilines is 2. The summed E-state index contributed by atoms with van der Waals surface area (Å²) in [6, 6.07) is 8.49. The van der Waals surface area contributed by atoms with Crippen LogP contribution in [0.3, 0.4) is 0 Å². The maximum absolute atomic E-state index is 12.8. The van der Waals surface area contributed by atoms with Crippen LogP contribution < -0.4 is 34.9 Å². The summed E-state index contributed by atoms with van der Waals surface area (Å²) in [5.41, 5.74) is 2.65. The number of amides is 1. The van der Waals surface area contributed by atoms with E-state index in [0.717, 1.165) is 11.3 Å². The average Bonchev–Trinajstić information content (AvgIpc) is 2.85. The minimum absolute atomic E-state index is 0.119. The van der Waals surface area contributed by atoms with Gasteiger partial charge in [0.1, 0.15) is 5.75 Å². The van der Waals surface area contributed by atoms with E-state index in [0.29, 0.717) is 40.8 Å². The highest BCUT2D eigenvalue weighted by molar-refractivity contribution is 7.80. The van der Waals surface area contributed by atoms with Crippen molar-refractivity contribution in [1.82, 2.24) is 5.32 Å². The molecule has 0 fully saturated rings. The normalized spacial score (nSPS) is 10.5. The molecule has 180 valence electrons. The second-order valence-corrected chi connectivity index (χ2v) is 7.18. The number of hydrogen-bond acceptors (Lipinski definition) is 7. The Balaban J connectivity index is 2.15. The van der Waals surface area contributed by atoms with E-state index in [1.807, 2.05) is 12.1 Å². The minimum Gasteiger partial charge on any atom is -0.495 e. The highest BCUT2D eigenvalue weighted by Crippen LogP contribution is 2.38. The summed E-state index contributed by atoms with van der Waals surface area (Å²) < 4.78 is 21.3. The van der Waals surface area contributed by atoms with Crippen molar-refractivity contribution >= 4 is 34.6 Å². The number of thiocarbonyl (C=S) groups is 1. The number of nitrogens with one attached hydrogen (secondary N) is 3. The lowest BCUT2D eigenvalue weighted by Crippen LogP contribution is -2.34. The first-order valence-electron chi connectivity index (χ1n) is 10.2. The van der Waals surface area contributed by atoms with Gasteiger partial charge in [0.05, 0.1) is 34.1 Å². The SMILES string of the molecule is C=C/C=C(\C=C)CNc1cc(NC(=S)NC(=O)c2cc(OC)c(OC)c(OC)c2)ccc1OC. The van der Waals surface area contributed by atoms with Crippen molar-refractivity contribution in [2.45, 2.75) is 0 Å². The van der Waals surface area contributed by atoms with Gasteiger partial charge in [0, 0.05) is 17.8 Å². The number of rotatable bonds is 11. The summed E-state index contributed by atoms with van der Waals surface area (Å²) in [5.74, 6) is 1.33. The molecule has 2 aromatic carbocycles. The van der Waals surface area contributed by atoms with Gasteiger partial charge in [-0.2, -0.15) is 0 Å². The summed E-state index contributed by atoms with van der Waals surface area (Å²) in [6.07, 6.45) is 5.31. The zero-order valence-corrected chi connectivity index (χ0v) is 20.5. The van der Waals surface area contributed by atoms with Crippen molar-refractivity contribution in [2.24, 2.45) is 0 Å². The van der Waals surface area contributed by atoms with E-state index in [4.69, 9.17) is 31.2 Å². The van der Waals surface area contributed by atoms with Crippen LogP contribution in [0.4, 0.5) is 11.4 Å². The van der Waals surface area contributed by atoms with Crippen LogP contribution in [0.5, 0.6) is 23.0 Å². The largest absolute Gasteiger partial charge is 0.495 e. The molecule has 0 spiro atoms. The van der Waals surface area contributed by atoms with Gasteiger partial charge < -0.3 is 29.6 Å². The lowest BCUT2D eigenvalue weighted by Gasteiger charge is -2.16. The predicted molar refractivity (Wildman–Crippen MR) is 140 cm³/mol. The van der Waals surface area contributed by atoms with Gasteiger partial charge in [-0.25, -0.2) is 0 Å². The van der Waals surface area contributed by atoms with E-state index in [-0.39, 0.29) is 5.11 Å². The molecule has 8 nitrogen and oxygen atoms in total. The molecule has 2 rings (SSSR count). The molecular weight excluding hydrogens is 454 g/mol. The standard InChI is InChI=1S/C25H29N3O5S/c1-7-9-16(8-2)15-26-19-14-18(10-11-20(19)30-3)27-25(34)28-24(29)17-12-21(31-4)23(33-6)22(13-17)32-5/h7-14,26H,1-2,15H2,3-6H3,(H2,27,28,29,34)/b16-9+. The number of benzene rings is 2. The third kappa shape index (κ3) is 6.76. The zero-order chi connectivity index (χ0) is 25.1. The van der Waals surface area contributed by atoms with Crippen molar-refractivity contribution in [1.29, 1.82) is 0 Å². The highest BCUT2D eigenvalue weighted by Gasteiger charge is 2.18. The summed E-state index contributed by atoms with van der Waals surface area (Å²) in [4.78, 5) is 12.8. The molecule has 0 aliphatic rings. The number of carbonyl (C=O) groups is 1. The van der Waals surface area contributed by atoms with Crippen LogP contribution in [-0.2, 0) is 0 Å². The van der Waals surface area contributed by atoms with Gasteiger partial charge in [0.2, 0.25) is 5.75 Å².